The largest absolute Gasteiger partial charge is 0.389 e. The summed E-state index contributed by atoms with van der Waals surface area (Å²) in [5, 5.41) is 14.6. The summed E-state index contributed by atoms with van der Waals surface area (Å²) < 4.78 is 18.7. The Morgan fingerprint density at radius 1 is 1.36 bits per heavy atom. The number of β-amino-alcohol motifs (C(OH)–C–C–N with tert-alkyl or cyclic N) is 1. The number of hydrogen-bond donors (Lipinski definition) is 1. The van der Waals surface area contributed by atoms with Crippen molar-refractivity contribution in [2.24, 2.45) is 0 Å². The predicted octanol–water partition coefficient (Wildman–Crippen LogP) is 3.47. The SMILES string of the molecule is Cc1onc(-c2c(Cl)cccc2Cl)c1CN1C[C@@H](O)[C@H](F)C1. The van der Waals surface area contributed by atoms with E-state index in [9.17, 15) is 9.50 Å². The van der Waals surface area contributed by atoms with Crippen LogP contribution in [0.5, 0.6) is 0 Å². The topological polar surface area (TPSA) is 49.5 Å². The number of hydrogen-bond acceptors (Lipinski definition) is 4. The van der Waals surface area contributed by atoms with E-state index < -0.39 is 12.3 Å². The van der Waals surface area contributed by atoms with E-state index in [0.717, 1.165) is 5.56 Å². The molecule has 2 heterocycles. The Kier molecular flexibility index (Phi) is 4.41. The number of nitrogens with zero attached hydrogens (tertiary/aromatic N) is 2. The zero-order chi connectivity index (χ0) is 15.9. The van der Waals surface area contributed by atoms with Crippen LogP contribution in [0.3, 0.4) is 0 Å². The molecule has 1 fully saturated rings. The molecule has 1 N–H and O–H groups in total. The Bertz CT molecular complexity index is 662. The molecular formula is C15H15Cl2FN2O2. The van der Waals surface area contributed by atoms with Gasteiger partial charge in [0.1, 0.15) is 17.6 Å². The Labute approximate surface area is 137 Å². The molecule has 1 aliphatic heterocycles. The number of aromatic nitrogens is 1. The second-order valence-corrected chi connectivity index (χ2v) is 6.25. The van der Waals surface area contributed by atoms with Crippen LogP contribution < -0.4 is 0 Å². The molecule has 1 aromatic heterocycles. The number of benzene rings is 1. The van der Waals surface area contributed by atoms with E-state index in [2.05, 4.69) is 5.16 Å². The first-order chi connectivity index (χ1) is 10.5. The summed E-state index contributed by atoms with van der Waals surface area (Å²) in [4.78, 5) is 1.82. The molecule has 1 aromatic carbocycles. The fraction of sp³-hybridized carbons (Fsp3) is 0.400. The lowest BCUT2D eigenvalue weighted by Crippen LogP contribution is -2.22. The van der Waals surface area contributed by atoms with Gasteiger partial charge in [-0.05, 0) is 19.1 Å². The third-order valence-electron chi connectivity index (χ3n) is 3.86. The van der Waals surface area contributed by atoms with Gasteiger partial charge < -0.3 is 9.63 Å². The number of rotatable bonds is 3. The van der Waals surface area contributed by atoms with Crippen LogP contribution in [0.4, 0.5) is 4.39 Å². The second kappa shape index (κ2) is 6.16. The van der Waals surface area contributed by atoms with Gasteiger partial charge in [-0.15, -0.1) is 0 Å². The monoisotopic (exact) mass is 344 g/mol. The fourth-order valence-corrected chi connectivity index (χ4v) is 3.25. The Hall–Kier alpha value is -1.14. The predicted molar refractivity (Wildman–Crippen MR) is 82.9 cm³/mol. The quantitative estimate of drug-likeness (QED) is 0.926. The second-order valence-electron chi connectivity index (χ2n) is 5.44. The molecule has 3 rings (SSSR count). The molecule has 0 spiro atoms. The molecule has 0 saturated carbocycles. The van der Waals surface area contributed by atoms with Crippen molar-refractivity contribution < 1.29 is 14.0 Å². The zero-order valence-electron chi connectivity index (χ0n) is 11.9. The molecule has 2 atom stereocenters. The van der Waals surface area contributed by atoms with Crippen molar-refractivity contribution in [3.05, 3.63) is 39.6 Å². The summed E-state index contributed by atoms with van der Waals surface area (Å²) >= 11 is 12.5. The minimum absolute atomic E-state index is 0.182. The first-order valence-electron chi connectivity index (χ1n) is 6.91. The van der Waals surface area contributed by atoms with Crippen LogP contribution in [0.15, 0.2) is 22.7 Å². The maximum absolute atomic E-state index is 13.5. The number of aliphatic hydroxyl groups is 1. The molecule has 0 bridgehead atoms. The number of alkyl halides is 1. The van der Waals surface area contributed by atoms with Crippen molar-refractivity contribution in [1.29, 1.82) is 0 Å². The lowest BCUT2D eigenvalue weighted by molar-refractivity contribution is 0.115. The molecule has 0 amide bonds. The fourth-order valence-electron chi connectivity index (χ4n) is 2.67. The lowest BCUT2D eigenvalue weighted by atomic mass is 10.1. The van der Waals surface area contributed by atoms with Gasteiger partial charge in [0.15, 0.2) is 0 Å². The van der Waals surface area contributed by atoms with E-state index in [0.29, 0.717) is 33.6 Å². The van der Waals surface area contributed by atoms with E-state index in [-0.39, 0.29) is 13.1 Å². The van der Waals surface area contributed by atoms with Crippen LogP contribution in [0.1, 0.15) is 11.3 Å². The highest BCUT2D eigenvalue weighted by molar-refractivity contribution is 6.39. The van der Waals surface area contributed by atoms with Gasteiger partial charge in [-0.1, -0.05) is 34.4 Å². The lowest BCUT2D eigenvalue weighted by Gasteiger charge is -2.15. The number of halogens is 3. The standard InChI is InChI=1S/C15H15Cl2FN2O2/c1-8-9(5-20-6-12(18)13(21)7-20)15(19-22-8)14-10(16)3-2-4-11(14)17/h2-4,12-13,21H,5-7H2,1H3/t12-,13-/m1/s1. The Morgan fingerprint density at radius 3 is 2.64 bits per heavy atom. The molecular weight excluding hydrogens is 330 g/mol. The number of aryl methyl sites for hydroxylation is 1. The maximum Gasteiger partial charge on any atom is 0.140 e. The highest BCUT2D eigenvalue weighted by Gasteiger charge is 2.32. The third kappa shape index (κ3) is 2.86. The van der Waals surface area contributed by atoms with E-state index in [4.69, 9.17) is 27.7 Å². The van der Waals surface area contributed by atoms with Gasteiger partial charge >= 0.3 is 0 Å². The van der Waals surface area contributed by atoms with E-state index in [1.54, 1.807) is 25.1 Å². The summed E-state index contributed by atoms with van der Waals surface area (Å²) in [6.45, 7) is 2.67. The van der Waals surface area contributed by atoms with Crippen LogP contribution in [0.25, 0.3) is 11.3 Å². The molecule has 2 aromatic rings. The van der Waals surface area contributed by atoms with Gasteiger partial charge in [0.25, 0.3) is 0 Å². The highest BCUT2D eigenvalue weighted by atomic mass is 35.5. The van der Waals surface area contributed by atoms with Crippen molar-refractivity contribution in [3.8, 4) is 11.3 Å². The van der Waals surface area contributed by atoms with Gasteiger partial charge in [-0.25, -0.2) is 4.39 Å². The van der Waals surface area contributed by atoms with Gasteiger partial charge in [0.05, 0.1) is 16.1 Å². The van der Waals surface area contributed by atoms with E-state index >= 15 is 0 Å². The molecule has 118 valence electrons. The molecule has 0 aliphatic carbocycles. The molecule has 4 nitrogen and oxygen atoms in total. The Balaban J connectivity index is 1.95. The van der Waals surface area contributed by atoms with Gasteiger partial charge in [0, 0.05) is 30.8 Å². The molecule has 0 radical (unpaired) electrons. The average Bonchev–Trinajstić information content (AvgIpc) is 2.95. The summed E-state index contributed by atoms with van der Waals surface area (Å²) in [7, 11) is 0. The first-order valence-corrected chi connectivity index (χ1v) is 7.67. The van der Waals surface area contributed by atoms with Crippen molar-refractivity contribution >= 4 is 23.2 Å². The third-order valence-corrected chi connectivity index (χ3v) is 4.49. The first kappa shape index (κ1) is 15.7. The molecule has 0 unspecified atom stereocenters. The van der Waals surface area contributed by atoms with E-state index in [1.165, 1.54) is 0 Å². The van der Waals surface area contributed by atoms with E-state index in [1.807, 2.05) is 4.90 Å². The van der Waals surface area contributed by atoms with Crippen molar-refractivity contribution in [1.82, 2.24) is 10.1 Å². The summed E-state index contributed by atoms with van der Waals surface area (Å²) in [6.07, 6.45) is -2.18. The Morgan fingerprint density at radius 2 is 2.05 bits per heavy atom. The molecule has 1 saturated heterocycles. The summed E-state index contributed by atoms with van der Waals surface area (Å²) in [5.74, 6) is 0.628. The average molecular weight is 345 g/mol. The van der Waals surface area contributed by atoms with Gasteiger partial charge in [0.2, 0.25) is 0 Å². The van der Waals surface area contributed by atoms with Crippen molar-refractivity contribution in [2.75, 3.05) is 13.1 Å². The van der Waals surface area contributed by atoms with Crippen LogP contribution in [0, 0.1) is 6.92 Å². The number of likely N-dealkylation sites (tertiary alicyclic amines) is 1. The smallest absolute Gasteiger partial charge is 0.140 e. The van der Waals surface area contributed by atoms with Crippen molar-refractivity contribution in [3.63, 3.8) is 0 Å². The zero-order valence-corrected chi connectivity index (χ0v) is 13.4. The molecule has 22 heavy (non-hydrogen) atoms. The maximum atomic E-state index is 13.5. The van der Waals surface area contributed by atoms with Crippen LogP contribution in [-0.4, -0.2) is 40.5 Å². The normalized spacial score (nSPS) is 22.4. The van der Waals surface area contributed by atoms with Crippen LogP contribution >= 0.6 is 23.2 Å². The number of aliphatic hydroxyl groups excluding tert-OH is 1. The summed E-state index contributed by atoms with van der Waals surface area (Å²) in [6, 6.07) is 5.22. The highest BCUT2D eigenvalue weighted by Crippen LogP contribution is 2.37. The minimum Gasteiger partial charge on any atom is -0.389 e. The van der Waals surface area contributed by atoms with Gasteiger partial charge in [-0.3, -0.25) is 4.90 Å². The van der Waals surface area contributed by atoms with Crippen LogP contribution in [0.2, 0.25) is 10.0 Å². The summed E-state index contributed by atoms with van der Waals surface area (Å²) in [5.41, 5.74) is 1.97. The molecule has 7 heteroatoms. The van der Waals surface area contributed by atoms with Crippen molar-refractivity contribution in [2.45, 2.75) is 25.7 Å². The van der Waals surface area contributed by atoms with Crippen LogP contribution in [-0.2, 0) is 6.54 Å². The molecule has 1 aliphatic rings. The minimum atomic E-state index is -1.23. The van der Waals surface area contributed by atoms with Gasteiger partial charge in [-0.2, -0.15) is 0 Å².